The van der Waals surface area contributed by atoms with Gasteiger partial charge in [0, 0.05) is 18.5 Å². The number of nitrogens with zero attached hydrogens (tertiary/aromatic N) is 2. The van der Waals surface area contributed by atoms with Gasteiger partial charge in [-0.15, -0.1) is 0 Å². The largest absolute Gasteiger partial charge is 0.387 e. The molecule has 2 rings (SSSR count). The molecule has 0 fully saturated rings. The van der Waals surface area contributed by atoms with Crippen LogP contribution in [-0.2, 0) is 6.42 Å². The average Bonchev–Trinajstić information content (AvgIpc) is 3.01. The number of hydrogen-bond acceptors (Lipinski definition) is 7. The maximum atomic E-state index is 10.1. The average molecular weight is 307 g/mol. The molecule has 0 saturated heterocycles. The highest BCUT2D eigenvalue weighted by Crippen LogP contribution is 2.22. The third-order valence-corrected chi connectivity index (χ3v) is 3.89. The van der Waals surface area contributed by atoms with Crippen LogP contribution in [0.4, 0.5) is 11.6 Å². The van der Waals surface area contributed by atoms with E-state index in [0.29, 0.717) is 18.2 Å². The smallest absolute Gasteiger partial charge is 0.148 e. The number of nitrogens with one attached hydrogen (secondary N) is 2. The maximum Gasteiger partial charge on any atom is 0.148 e. The van der Waals surface area contributed by atoms with Gasteiger partial charge >= 0.3 is 0 Å². The van der Waals surface area contributed by atoms with Gasteiger partial charge in [-0.1, -0.05) is 6.92 Å². The maximum absolute atomic E-state index is 10.1. The van der Waals surface area contributed by atoms with Gasteiger partial charge in [-0.25, -0.2) is 15.8 Å². The molecule has 2 aromatic rings. The molecule has 114 valence electrons. The van der Waals surface area contributed by atoms with Gasteiger partial charge in [-0.3, -0.25) is 0 Å². The molecule has 0 aliphatic heterocycles. The third-order valence-electron chi connectivity index (χ3n) is 3.19. The van der Waals surface area contributed by atoms with Gasteiger partial charge in [-0.2, -0.15) is 11.3 Å². The SMILES string of the molecule is CCCc1nc(NN)c(C)c(NCC(O)c2ccsc2)n1. The van der Waals surface area contributed by atoms with Crippen molar-refractivity contribution in [2.24, 2.45) is 5.84 Å². The number of nitrogens with two attached hydrogens (primary N) is 1. The molecule has 0 aromatic carbocycles. The van der Waals surface area contributed by atoms with E-state index in [1.807, 2.05) is 23.8 Å². The van der Waals surface area contributed by atoms with E-state index < -0.39 is 6.10 Å². The van der Waals surface area contributed by atoms with Gasteiger partial charge in [-0.05, 0) is 35.7 Å². The van der Waals surface area contributed by atoms with Crippen LogP contribution in [0.25, 0.3) is 0 Å². The second-order valence-corrected chi connectivity index (χ2v) is 5.59. The Hall–Kier alpha value is -1.70. The first-order valence-electron chi connectivity index (χ1n) is 6.93. The minimum absolute atomic E-state index is 0.393. The van der Waals surface area contributed by atoms with Crippen molar-refractivity contribution in [1.29, 1.82) is 0 Å². The lowest BCUT2D eigenvalue weighted by atomic mass is 10.2. The summed E-state index contributed by atoms with van der Waals surface area (Å²) in [6.07, 6.45) is 1.19. The Labute approximate surface area is 128 Å². The van der Waals surface area contributed by atoms with E-state index in [-0.39, 0.29) is 0 Å². The number of aromatic nitrogens is 2. The minimum atomic E-state index is -0.561. The lowest BCUT2D eigenvalue weighted by Gasteiger charge is -2.15. The van der Waals surface area contributed by atoms with Gasteiger partial charge in [0.1, 0.15) is 17.5 Å². The molecule has 7 heteroatoms. The molecule has 0 bridgehead atoms. The number of hydrazine groups is 1. The highest BCUT2D eigenvalue weighted by Gasteiger charge is 2.12. The van der Waals surface area contributed by atoms with Gasteiger partial charge in [0.05, 0.1) is 6.10 Å². The fourth-order valence-corrected chi connectivity index (χ4v) is 2.69. The third kappa shape index (κ3) is 3.90. The van der Waals surface area contributed by atoms with E-state index in [2.05, 4.69) is 27.6 Å². The Balaban J connectivity index is 2.12. The monoisotopic (exact) mass is 307 g/mol. The zero-order valence-electron chi connectivity index (χ0n) is 12.3. The lowest BCUT2D eigenvalue weighted by molar-refractivity contribution is 0.192. The van der Waals surface area contributed by atoms with Crippen molar-refractivity contribution >= 4 is 23.0 Å². The van der Waals surface area contributed by atoms with Crippen molar-refractivity contribution in [3.8, 4) is 0 Å². The molecule has 0 amide bonds. The number of aliphatic hydroxyl groups excluding tert-OH is 1. The van der Waals surface area contributed by atoms with Crippen LogP contribution in [0.1, 0.15) is 36.4 Å². The molecule has 0 aliphatic rings. The van der Waals surface area contributed by atoms with E-state index in [0.717, 1.165) is 29.8 Å². The van der Waals surface area contributed by atoms with Crippen LogP contribution in [0.2, 0.25) is 0 Å². The first kappa shape index (κ1) is 15.7. The summed E-state index contributed by atoms with van der Waals surface area (Å²) < 4.78 is 0. The summed E-state index contributed by atoms with van der Waals surface area (Å²) in [5, 5.41) is 17.2. The number of anilines is 2. The number of aliphatic hydroxyl groups is 1. The zero-order valence-corrected chi connectivity index (χ0v) is 13.1. The van der Waals surface area contributed by atoms with E-state index in [4.69, 9.17) is 5.84 Å². The summed E-state index contributed by atoms with van der Waals surface area (Å²) in [6, 6.07) is 1.92. The Morgan fingerprint density at radius 3 is 2.76 bits per heavy atom. The van der Waals surface area contributed by atoms with Crippen LogP contribution in [0.15, 0.2) is 16.8 Å². The van der Waals surface area contributed by atoms with Gasteiger partial charge in [0.25, 0.3) is 0 Å². The molecule has 0 radical (unpaired) electrons. The molecule has 0 saturated carbocycles. The van der Waals surface area contributed by atoms with E-state index in [1.54, 1.807) is 11.3 Å². The highest BCUT2D eigenvalue weighted by molar-refractivity contribution is 7.07. The Morgan fingerprint density at radius 2 is 2.14 bits per heavy atom. The van der Waals surface area contributed by atoms with Gasteiger partial charge in [0.2, 0.25) is 0 Å². The first-order chi connectivity index (χ1) is 10.2. The topological polar surface area (TPSA) is 96.1 Å². The Bertz CT molecular complexity index is 573. The van der Waals surface area contributed by atoms with Crippen LogP contribution in [0.5, 0.6) is 0 Å². The van der Waals surface area contributed by atoms with Crippen molar-refractivity contribution in [2.45, 2.75) is 32.8 Å². The Morgan fingerprint density at radius 1 is 1.38 bits per heavy atom. The molecule has 1 unspecified atom stereocenters. The Kier molecular flexibility index (Phi) is 5.49. The van der Waals surface area contributed by atoms with Crippen LogP contribution >= 0.6 is 11.3 Å². The lowest BCUT2D eigenvalue weighted by Crippen LogP contribution is -2.17. The zero-order chi connectivity index (χ0) is 15.2. The summed E-state index contributed by atoms with van der Waals surface area (Å²) >= 11 is 1.57. The molecule has 5 N–H and O–H groups in total. The van der Waals surface area contributed by atoms with Gasteiger partial charge < -0.3 is 15.8 Å². The highest BCUT2D eigenvalue weighted by atomic mass is 32.1. The predicted molar refractivity (Wildman–Crippen MR) is 86.3 cm³/mol. The van der Waals surface area contributed by atoms with E-state index in [1.165, 1.54) is 0 Å². The molecule has 2 aromatic heterocycles. The molecular weight excluding hydrogens is 286 g/mol. The summed E-state index contributed by atoms with van der Waals surface area (Å²) in [5.74, 6) is 7.56. The number of aryl methyl sites for hydroxylation is 1. The fraction of sp³-hybridized carbons (Fsp3) is 0.429. The number of thiophene rings is 1. The van der Waals surface area contributed by atoms with Gasteiger partial charge in [0.15, 0.2) is 0 Å². The van der Waals surface area contributed by atoms with E-state index >= 15 is 0 Å². The number of nitrogen functional groups attached to an aromatic ring is 1. The minimum Gasteiger partial charge on any atom is -0.387 e. The molecule has 21 heavy (non-hydrogen) atoms. The predicted octanol–water partition coefficient (Wildman–Crippen LogP) is 2.23. The molecular formula is C14H21N5OS. The van der Waals surface area contributed by atoms with Crippen molar-refractivity contribution in [3.63, 3.8) is 0 Å². The summed E-state index contributed by atoms with van der Waals surface area (Å²) in [5.41, 5.74) is 4.35. The van der Waals surface area contributed by atoms with Crippen LogP contribution in [0, 0.1) is 6.92 Å². The number of hydrogen-bond donors (Lipinski definition) is 4. The standard InChI is InChI=1S/C14H21N5OS/c1-3-4-12-17-13(9(2)14(18-12)19-15)16-7-11(20)10-5-6-21-8-10/h5-6,8,11,20H,3-4,7,15H2,1-2H3,(H2,16,17,18,19). The van der Waals surface area contributed by atoms with Crippen molar-refractivity contribution in [1.82, 2.24) is 9.97 Å². The van der Waals surface area contributed by atoms with Crippen molar-refractivity contribution in [3.05, 3.63) is 33.8 Å². The summed E-state index contributed by atoms with van der Waals surface area (Å²) in [4.78, 5) is 8.87. The first-order valence-corrected chi connectivity index (χ1v) is 7.88. The summed E-state index contributed by atoms with van der Waals surface area (Å²) in [6.45, 7) is 4.36. The summed E-state index contributed by atoms with van der Waals surface area (Å²) in [7, 11) is 0. The van der Waals surface area contributed by atoms with Crippen LogP contribution in [-0.4, -0.2) is 21.6 Å². The van der Waals surface area contributed by atoms with Crippen LogP contribution in [0.3, 0.4) is 0 Å². The second kappa shape index (κ2) is 7.35. The second-order valence-electron chi connectivity index (χ2n) is 4.81. The molecule has 6 nitrogen and oxygen atoms in total. The quantitative estimate of drug-likeness (QED) is 0.463. The van der Waals surface area contributed by atoms with Crippen LogP contribution < -0.4 is 16.6 Å². The molecule has 0 aliphatic carbocycles. The fourth-order valence-electron chi connectivity index (χ4n) is 1.99. The van der Waals surface area contributed by atoms with Crippen molar-refractivity contribution < 1.29 is 5.11 Å². The molecule has 0 spiro atoms. The molecule has 2 heterocycles. The van der Waals surface area contributed by atoms with Crippen molar-refractivity contribution in [2.75, 3.05) is 17.3 Å². The van der Waals surface area contributed by atoms with E-state index in [9.17, 15) is 5.11 Å². The molecule has 1 atom stereocenters. The normalized spacial score (nSPS) is 12.2. The number of rotatable bonds is 7.